The second-order valence-corrected chi connectivity index (χ2v) is 14.9. The fraction of sp³-hybridized carbons (Fsp3) is 0.372. The number of methoxy groups -OCH3 is 3. The molecule has 346 valence electrons. The van der Waals surface area contributed by atoms with Crippen LogP contribution in [0, 0.1) is 5.92 Å². The lowest BCUT2D eigenvalue weighted by Crippen LogP contribution is -2.59. The van der Waals surface area contributed by atoms with Crippen LogP contribution in [0.1, 0.15) is 76.9 Å². The minimum atomic E-state index is -1.76. The Balaban J connectivity index is 1.41. The summed E-state index contributed by atoms with van der Waals surface area (Å²) in [5, 5.41) is 29.8. The molecule has 0 aromatic heterocycles. The molecule has 0 radical (unpaired) electrons. The van der Waals surface area contributed by atoms with Crippen molar-refractivity contribution < 1.29 is 86.2 Å². The number of amides is 4. The Morgan fingerprint density at radius 2 is 1.22 bits per heavy atom. The molecule has 0 aliphatic carbocycles. The van der Waals surface area contributed by atoms with Crippen LogP contribution >= 0.6 is 0 Å². The van der Waals surface area contributed by atoms with Crippen molar-refractivity contribution in [2.45, 2.75) is 69.3 Å². The number of phenols is 2. The summed E-state index contributed by atoms with van der Waals surface area (Å²) in [5.74, 6) is -9.92. The van der Waals surface area contributed by atoms with Gasteiger partial charge in [-0.05, 0) is 48.7 Å². The summed E-state index contributed by atoms with van der Waals surface area (Å²) < 4.78 is 43.1. The van der Waals surface area contributed by atoms with E-state index in [-0.39, 0.29) is 39.7 Å². The number of hydrogen-bond acceptors (Lipinski definition) is 17. The molecule has 6 N–H and O–H groups in total. The van der Waals surface area contributed by atoms with E-state index in [4.69, 9.17) is 14.2 Å². The first-order valence-electron chi connectivity index (χ1n) is 19.7. The Hall–Kier alpha value is -7.78. The molecular formula is C43H45FN4O17. The summed E-state index contributed by atoms with van der Waals surface area (Å²) in [5.41, 5.74) is -1.02. The van der Waals surface area contributed by atoms with Gasteiger partial charge in [-0.2, -0.15) is 0 Å². The Labute approximate surface area is 369 Å². The molecule has 1 spiro atoms. The Kier molecular flexibility index (Phi) is 15.3. The highest BCUT2D eigenvalue weighted by atomic mass is 19.1. The van der Waals surface area contributed by atoms with Crippen LogP contribution in [0.2, 0.25) is 0 Å². The number of ether oxygens (including phenoxy) is 6. The predicted octanol–water partition coefficient (Wildman–Crippen LogP) is 1.42. The van der Waals surface area contributed by atoms with E-state index < -0.39 is 122 Å². The fourth-order valence-electron chi connectivity index (χ4n) is 7.10. The molecule has 2 aliphatic heterocycles. The maximum atomic E-state index is 13.9. The SMILES string of the molecule is COC(=O)CCC(NC(=O)C(CC(=O)OC)NC(=O)c1ccc2c(c1)C(=O)OC21c2ccc(O)cc2Oc2cc(O)ccc21)C(=O)NC(C(=O)NC(CC(=O)OC)C(=O)OCF)C(C)C. The van der Waals surface area contributed by atoms with Gasteiger partial charge < -0.3 is 59.9 Å². The normalized spacial score (nSPS) is 14.6. The number of rotatable bonds is 18. The standard InChI is InChI=1S/C43H45FN4O17/c1-20(2)36(40(57)47-30(18-35(53)62-5)42(59)63-19-44)48-38(55)28(12-13-33(51)60-3)45-39(56)29(17-34(52)61-4)46-37(54)21-6-9-25-24(14-21)41(58)65-43(25)26-10-7-22(49)15-31(26)64-32-16-23(50)8-11-27(32)43/h6-11,14-16,20,28-30,36,49-50H,12-13,17-19H2,1-5H3,(H,45,56)(H,46,54)(H,47,57)(H,48,55). The second-order valence-electron chi connectivity index (χ2n) is 14.9. The number of aromatic hydroxyl groups is 2. The third-order valence-corrected chi connectivity index (χ3v) is 10.4. The fourth-order valence-corrected chi connectivity index (χ4v) is 7.10. The van der Waals surface area contributed by atoms with E-state index >= 15 is 0 Å². The molecule has 0 saturated carbocycles. The van der Waals surface area contributed by atoms with Crippen LogP contribution in [0.3, 0.4) is 0 Å². The number of halogens is 1. The lowest BCUT2D eigenvalue weighted by molar-refractivity contribution is -0.156. The van der Waals surface area contributed by atoms with E-state index in [1.165, 1.54) is 68.4 Å². The zero-order valence-corrected chi connectivity index (χ0v) is 35.5. The topological polar surface area (TPSA) is 298 Å². The van der Waals surface area contributed by atoms with E-state index in [0.717, 1.165) is 21.3 Å². The van der Waals surface area contributed by atoms with Crippen molar-refractivity contribution in [1.29, 1.82) is 0 Å². The highest BCUT2D eigenvalue weighted by Gasteiger charge is 2.54. The van der Waals surface area contributed by atoms with E-state index in [1.807, 2.05) is 0 Å². The summed E-state index contributed by atoms with van der Waals surface area (Å²) in [4.78, 5) is 118. The maximum absolute atomic E-state index is 13.9. The van der Waals surface area contributed by atoms with Gasteiger partial charge in [0.15, 0.2) is 5.60 Å². The molecule has 2 aliphatic rings. The van der Waals surface area contributed by atoms with Crippen LogP contribution < -0.4 is 26.0 Å². The van der Waals surface area contributed by atoms with Crippen LogP contribution in [0.15, 0.2) is 54.6 Å². The van der Waals surface area contributed by atoms with Gasteiger partial charge in [0.2, 0.25) is 24.6 Å². The van der Waals surface area contributed by atoms with Gasteiger partial charge in [-0.15, -0.1) is 0 Å². The van der Waals surface area contributed by atoms with Gasteiger partial charge in [-0.25, -0.2) is 14.0 Å². The number of fused-ring (bicyclic) bond motifs is 6. The minimum absolute atomic E-state index is 0.0780. The van der Waals surface area contributed by atoms with Crippen molar-refractivity contribution in [3.05, 3.63) is 82.4 Å². The van der Waals surface area contributed by atoms with Gasteiger partial charge in [0.25, 0.3) is 5.91 Å². The molecule has 5 rings (SSSR count). The average molecular weight is 909 g/mol. The Morgan fingerprint density at radius 3 is 1.77 bits per heavy atom. The molecule has 4 atom stereocenters. The maximum Gasteiger partial charge on any atom is 0.340 e. The lowest BCUT2D eigenvalue weighted by Gasteiger charge is -2.36. The van der Waals surface area contributed by atoms with Crippen molar-refractivity contribution >= 4 is 53.5 Å². The molecule has 21 nitrogen and oxygen atoms in total. The van der Waals surface area contributed by atoms with Crippen LogP contribution in [0.4, 0.5) is 4.39 Å². The summed E-state index contributed by atoms with van der Waals surface area (Å²) in [6.45, 7) is 1.43. The first-order chi connectivity index (χ1) is 30.9. The molecule has 22 heteroatoms. The monoisotopic (exact) mass is 908 g/mol. The van der Waals surface area contributed by atoms with E-state index in [1.54, 1.807) is 0 Å². The van der Waals surface area contributed by atoms with Gasteiger partial charge in [0, 0.05) is 40.8 Å². The number of phenolic OH excluding ortho intramolecular Hbond substituents is 2. The zero-order valence-electron chi connectivity index (χ0n) is 35.5. The number of benzene rings is 3. The number of nitrogens with one attached hydrogen (secondary N) is 4. The van der Waals surface area contributed by atoms with E-state index in [9.17, 15) is 57.8 Å². The van der Waals surface area contributed by atoms with Crippen molar-refractivity contribution in [2.75, 3.05) is 28.2 Å². The Morgan fingerprint density at radius 1 is 0.677 bits per heavy atom. The lowest BCUT2D eigenvalue weighted by atomic mass is 9.77. The number of hydrogen-bond donors (Lipinski definition) is 6. The molecule has 3 aromatic carbocycles. The molecule has 0 bridgehead atoms. The smallest absolute Gasteiger partial charge is 0.340 e. The molecule has 65 heavy (non-hydrogen) atoms. The van der Waals surface area contributed by atoms with E-state index in [2.05, 4.69) is 35.5 Å². The molecule has 3 aromatic rings. The van der Waals surface area contributed by atoms with Crippen molar-refractivity contribution in [2.24, 2.45) is 5.92 Å². The molecule has 0 fully saturated rings. The molecular weight excluding hydrogens is 863 g/mol. The van der Waals surface area contributed by atoms with Crippen molar-refractivity contribution in [1.82, 2.24) is 21.3 Å². The van der Waals surface area contributed by atoms with E-state index in [0.29, 0.717) is 11.1 Å². The summed E-state index contributed by atoms with van der Waals surface area (Å²) >= 11 is 0. The molecule has 4 unspecified atom stereocenters. The largest absolute Gasteiger partial charge is 0.508 e. The van der Waals surface area contributed by atoms with Crippen molar-refractivity contribution in [3.8, 4) is 23.0 Å². The number of carbonyl (C=O) groups excluding carboxylic acids is 9. The van der Waals surface area contributed by atoms with Crippen molar-refractivity contribution in [3.63, 3.8) is 0 Å². The summed E-state index contributed by atoms with van der Waals surface area (Å²) in [6, 6.07) is 5.66. The molecule has 2 heterocycles. The highest BCUT2D eigenvalue weighted by Crippen LogP contribution is 2.57. The minimum Gasteiger partial charge on any atom is -0.508 e. The summed E-state index contributed by atoms with van der Waals surface area (Å²) in [7, 11) is 3.11. The average Bonchev–Trinajstić information content (AvgIpc) is 3.56. The van der Waals surface area contributed by atoms with Crippen LogP contribution in [0.5, 0.6) is 23.0 Å². The summed E-state index contributed by atoms with van der Waals surface area (Å²) in [6.07, 6.45) is -2.42. The Bertz CT molecular complexity index is 2350. The third-order valence-electron chi connectivity index (χ3n) is 10.4. The second kappa shape index (κ2) is 20.6. The third kappa shape index (κ3) is 10.7. The molecule has 0 saturated heterocycles. The first kappa shape index (κ1) is 48.3. The van der Waals surface area contributed by atoms with Crippen LogP contribution in [0.25, 0.3) is 0 Å². The number of esters is 5. The first-order valence-corrected chi connectivity index (χ1v) is 19.7. The zero-order chi connectivity index (χ0) is 47.7. The van der Waals surface area contributed by atoms with Gasteiger partial charge in [-0.3, -0.25) is 33.6 Å². The number of alkyl halides is 1. The van der Waals surface area contributed by atoms with Crippen LogP contribution in [-0.2, 0) is 62.8 Å². The quantitative estimate of drug-likeness (QED) is 0.0777. The predicted molar refractivity (Wildman–Crippen MR) is 216 cm³/mol. The van der Waals surface area contributed by atoms with Gasteiger partial charge in [0.05, 0.1) is 39.7 Å². The van der Waals surface area contributed by atoms with Gasteiger partial charge in [-0.1, -0.05) is 19.9 Å². The van der Waals surface area contributed by atoms with Gasteiger partial charge in [0.1, 0.15) is 47.2 Å². The molecule has 4 amide bonds. The van der Waals surface area contributed by atoms with Crippen LogP contribution in [-0.4, -0.2) is 116 Å². The van der Waals surface area contributed by atoms with Gasteiger partial charge >= 0.3 is 29.8 Å². The number of carbonyl (C=O) groups is 9. The highest BCUT2D eigenvalue weighted by molar-refractivity contribution is 6.04.